The molecule has 1 aromatic rings. The smallest absolute Gasteiger partial charge is 0.262 e. The van der Waals surface area contributed by atoms with Gasteiger partial charge in [0.25, 0.3) is 11.8 Å². The van der Waals surface area contributed by atoms with Gasteiger partial charge in [0.2, 0.25) is 11.8 Å². The predicted octanol–water partition coefficient (Wildman–Crippen LogP) is -0.364. The van der Waals surface area contributed by atoms with Gasteiger partial charge in [-0.05, 0) is 37.1 Å². The van der Waals surface area contributed by atoms with Gasteiger partial charge in [0.05, 0.1) is 11.1 Å². The number of likely N-dealkylation sites (tertiary alicyclic amines) is 1. The summed E-state index contributed by atoms with van der Waals surface area (Å²) >= 11 is 0. The summed E-state index contributed by atoms with van der Waals surface area (Å²) in [4.78, 5) is 52.3. The van der Waals surface area contributed by atoms with Crippen molar-refractivity contribution in [3.8, 4) is 0 Å². The van der Waals surface area contributed by atoms with Crippen molar-refractivity contribution in [1.82, 2.24) is 20.4 Å². The fraction of sp³-hybridized carbons (Fsp3) is 0.474. The van der Waals surface area contributed by atoms with Gasteiger partial charge in [-0.15, -0.1) is 0 Å². The van der Waals surface area contributed by atoms with Gasteiger partial charge in [-0.2, -0.15) is 0 Å². The third-order valence-electron chi connectivity index (χ3n) is 6.07. The van der Waals surface area contributed by atoms with Crippen molar-refractivity contribution in [3.05, 3.63) is 34.9 Å². The van der Waals surface area contributed by atoms with Gasteiger partial charge in [0, 0.05) is 31.6 Å². The molecule has 0 aliphatic carbocycles. The largest absolute Gasteiger partial charge is 0.309 e. The Hall–Kier alpha value is -2.58. The second-order valence-corrected chi connectivity index (χ2v) is 7.93. The number of carbonyl (C=O) groups is 4. The van der Waals surface area contributed by atoms with E-state index in [0.717, 1.165) is 36.6 Å². The minimum Gasteiger partial charge on any atom is -0.309 e. The van der Waals surface area contributed by atoms with Crippen molar-refractivity contribution in [2.45, 2.75) is 37.4 Å². The van der Waals surface area contributed by atoms with E-state index in [0.29, 0.717) is 16.7 Å². The topological polar surface area (TPSA) is 98.8 Å². The molecule has 27 heavy (non-hydrogen) atoms. The molecule has 2 N–H and O–H groups in total. The highest BCUT2D eigenvalue weighted by atomic mass is 16.2. The maximum atomic E-state index is 12.8. The van der Waals surface area contributed by atoms with Crippen molar-refractivity contribution >= 4 is 23.6 Å². The van der Waals surface area contributed by atoms with Crippen LogP contribution in [0.3, 0.4) is 0 Å². The Morgan fingerprint density at radius 1 is 1.07 bits per heavy atom. The highest BCUT2D eigenvalue weighted by Crippen LogP contribution is 2.32. The Balaban J connectivity index is 1.33. The summed E-state index contributed by atoms with van der Waals surface area (Å²) < 4.78 is 0. The van der Waals surface area contributed by atoms with Crippen LogP contribution in [-0.2, 0) is 16.1 Å². The van der Waals surface area contributed by atoms with E-state index >= 15 is 0 Å². The lowest BCUT2D eigenvalue weighted by Gasteiger charge is -2.56. The molecule has 1 unspecified atom stereocenters. The van der Waals surface area contributed by atoms with Crippen LogP contribution >= 0.6 is 0 Å². The van der Waals surface area contributed by atoms with Crippen molar-refractivity contribution in [2.24, 2.45) is 0 Å². The number of benzene rings is 1. The fourth-order valence-electron chi connectivity index (χ4n) is 4.54. The zero-order valence-electron chi connectivity index (χ0n) is 14.8. The molecule has 3 fully saturated rings. The molecule has 4 heterocycles. The van der Waals surface area contributed by atoms with Gasteiger partial charge in [-0.1, -0.05) is 6.07 Å². The molecule has 8 nitrogen and oxygen atoms in total. The Morgan fingerprint density at radius 2 is 1.81 bits per heavy atom. The first-order valence-corrected chi connectivity index (χ1v) is 9.28. The van der Waals surface area contributed by atoms with Crippen LogP contribution in [0.25, 0.3) is 0 Å². The number of amides is 4. The third-order valence-corrected chi connectivity index (χ3v) is 6.07. The first kappa shape index (κ1) is 16.6. The second-order valence-electron chi connectivity index (χ2n) is 7.93. The van der Waals surface area contributed by atoms with Gasteiger partial charge in [-0.3, -0.25) is 34.3 Å². The zero-order chi connectivity index (χ0) is 18.8. The van der Waals surface area contributed by atoms with Crippen LogP contribution in [0.4, 0.5) is 0 Å². The van der Waals surface area contributed by atoms with Gasteiger partial charge in [-0.25, -0.2) is 0 Å². The van der Waals surface area contributed by atoms with E-state index in [9.17, 15) is 19.2 Å². The zero-order valence-corrected chi connectivity index (χ0v) is 14.8. The van der Waals surface area contributed by atoms with Crippen LogP contribution in [0.2, 0.25) is 0 Å². The lowest BCUT2D eigenvalue weighted by atomic mass is 9.80. The number of fused-ring (bicyclic) bond motifs is 1. The van der Waals surface area contributed by atoms with E-state index in [2.05, 4.69) is 15.5 Å². The molecule has 1 atom stereocenters. The average molecular weight is 368 g/mol. The number of nitrogens with one attached hydrogen (secondary N) is 2. The van der Waals surface area contributed by atoms with Crippen LogP contribution in [0.1, 0.15) is 45.5 Å². The SMILES string of the molecule is O=C1CCC(N2C(=O)c3ccc(CN4CC5(CCN5)C4)cc3C2=O)C(=O)N1. The number of hydrogen-bond donors (Lipinski definition) is 2. The van der Waals surface area contributed by atoms with E-state index in [4.69, 9.17) is 0 Å². The van der Waals surface area contributed by atoms with Gasteiger partial charge in [0.15, 0.2) is 0 Å². The maximum absolute atomic E-state index is 12.8. The predicted molar refractivity (Wildman–Crippen MR) is 93.7 cm³/mol. The van der Waals surface area contributed by atoms with Crippen molar-refractivity contribution < 1.29 is 19.2 Å². The standard InChI is InChI=1S/C19H20N4O4/c24-15-4-3-14(16(25)21-15)23-17(26)12-2-1-11(7-13(12)18(23)27)8-22-9-19(10-22)5-6-20-19/h1-2,7,14,20H,3-6,8-10H2,(H,21,24,25). The number of hydrogen-bond acceptors (Lipinski definition) is 6. The van der Waals surface area contributed by atoms with Crippen LogP contribution < -0.4 is 10.6 Å². The summed E-state index contributed by atoms with van der Waals surface area (Å²) in [7, 11) is 0. The highest BCUT2D eigenvalue weighted by molar-refractivity contribution is 6.23. The summed E-state index contributed by atoms with van der Waals surface area (Å²) in [6, 6.07) is 4.39. The molecule has 8 heteroatoms. The first-order chi connectivity index (χ1) is 13.0. The van der Waals surface area contributed by atoms with Crippen molar-refractivity contribution in [1.29, 1.82) is 0 Å². The fourth-order valence-corrected chi connectivity index (χ4v) is 4.54. The molecular weight excluding hydrogens is 348 g/mol. The van der Waals surface area contributed by atoms with E-state index < -0.39 is 23.8 Å². The minimum absolute atomic E-state index is 0.125. The van der Waals surface area contributed by atoms with Crippen LogP contribution in [0.5, 0.6) is 0 Å². The molecule has 0 radical (unpaired) electrons. The summed E-state index contributed by atoms with van der Waals surface area (Å²) in [5.74, 6) is -1.87. The molecule has 0 bridgehead atoms. The average Bonchev–Trinajstić information content (AvgIpc) is 2.80. The molecule has 4 aliphatic heterocycles. The second kappa shape index (κ2) is 5.71. The van der Waals surface area contributed by atoms with Gasteiger partial charge < -0.3 is 5.32 Å². The van der Waals surface area contributed by atoms with Crippen molar-refractivity contribution in [2.75, 3.05) is 19.6 Å². The molecule has 1 aromatic carbocycles. The molecule has 4 amide bonds. The van der Waals surface area contributed by atoms with Crippen LogP contribution in [0, 0.1) is 0 Å². The van der Waals surface area contributed by atoms with Crippen LogP contribution in [0.15, 0.2) is 18.2 Å². The molecule has 3 saturated heterocycles. The monoisotopic (exact) mass is 368 g/mol. The Kier molecular flexibility index (Phi) is 3.50. The first-order valence-electron chi connectivity index (χ1n) is 9.28. The summed E-state index contributed by atoms with van der Waals surface area (Å²) in [5.41, 5.74) is 1.95. The molecular formula is C19H20N4O4. The highest BCUT2D eigenvalue weighted by Gasteiger charge is 2.47. The number of rotatable bonds is 3. The third kappa shape index (κ3) is 2.51. The molecule has 0 aromatic heterocycles. The van der Waals surface area contributed by atoms with E-state index in [1.165, 1.54) is 6.42 Å². The van der Waals surface area contributed by atoms with E-state index in [1.807, 2.05) is 6.07 Å². The summed E-state index contributed by atoms with van der Waals surface area (Å²) in [6.07, 6.45) is 1.51. The van der Waals surface area contributed by atoms with Gasteiger partial charge in [0.1, 0.15) is 6.04 Å². The molecule has 140 valence electrons. The molecule has 1 spiro atoms. The summed E-state index contributed by atoms with van der Waals surface area (Å²) in [5, 5.41) is 5.68. The lowest BCUT2D eigenvalue weighted by Crippen LogP contribution is -2.75. The number of carbonyl (C=O) groups excluding carboxylic acids is 4. The van der Waals surface area contributed by atoms with Crippen LogP contribution in [-0.4, -0.2) is 64.6 Å². The minimum atomic E-state index is -0.918. The quantitative estimate of drug-likeness (QED) is 0.707. The lowest BCUT2D eigenvalue weighted by molar-refractivity contribution is -0.136. The number of nitrogens with zero attached hydrogens (tertiary/aromatic N) is 2. The molecule has 4 aliphatic rings. The van der Waals surface area contributed by atoms with Gasteiger partial charge >= 0.3 is 0 Å². The molecule has 0 saturated carbocycles. The Bertz CT molecular complexity index is 884. The van der Waals surface area contributed by atoms with E-state index in [1.54, 1.807) is 12.1 Å². The maximum Gasteiger partial charge on any atom is 0.262 e. The Labute approximate surface area is 155 Å². The summed E-state index contributed by atoms with van der Waals surface area (Å²) in [6.45, 7) is 3.81. The normalized spacial score (nSPS) is 26.7. The number of imide groups is 2. The Morgan fingerprint density at radius 3 is 2.48 bits per heavy atom. The van der Waals surface area contributed by atoms with Crippen molar-refractivity contribution in [3.63, 3.8) is 0 Å². The van der Waals surface area contributed by atoms with E-state index in [-0.39, 0.29) is 18.7 Å². The number of piperidine rings is 1. The molecule has 5 rings (SSSR count).